The second kappa shape index (κ2) is 12.8. The number of rotatable bonds is 6. The number of ether oxygens (including phenoxy) is 2. The first-order valence-corrected chi connectivity index (χ1v) is 16.1. The number of nitrogens with zero attached hydrogens (tertiary/aromatic N) is 5. The van der Waals surface area contributed by atoms with Crippen LogP contribution in [0.1, 0.15) is 27.3 Å². The standard InChI is InChI=1S/C35H42N6O4/c1-3-33(42)40-14-12-38(13-15-40)31-20-27(35(43)37-29-22-45-23-32(29)39-16-18-44-19-17-39)36-28-21-41(11-10-26(28)31)30-9-5-8-25-7-4-6-24(2)34(25)30/h3-9,20,29,32H,1,10-19,21-23H2,2H3,(H,37,43)/t29-,32-/m0/s1. The number of hydrogen-bond donors (Lipinski definition) is 1. The van der Waals surface area contributed by atoms with Gasteiger partial charge < -0.3 is 29.5 Å². The average molecular weight is 611 g/mol. The predicted octanol–water partition coefficient (Wildman–Crippen LogP) is 2.77. The summed E-state index contributed by atoms with van der Waals surface area (Å²) in [5.74, 6) is -0.215. The van der Waals surface area contributed by atoms with E-state index in [-0.39, 0.29) is 23.9 Å². The Labute approximate surface area is 264 Å². The Bertz CT molecular complexity index is 1590. The van der Waals surface area contributed by atoms with Gasteiger partial charge in [0.1, 0.15) is 5.69 Å². The number of piperazine rings is 1. The molecule has 3 fully saturated rings. The Morgan fingerprint density at radius 1 is 0.933 bits per heavy atom. The number of aryl methyl sites for hydroxylation is 1. The maximum atomic E-state index is 13.9. The molecule has 5 heterocycles. The van der Waals surface area contributed by atoms with Crippen molar-refractivity contribution in [3.63, 3.8) is 0 Å². The van der Waals surface area contributed by atoms with Crippen molar-refractivity contribution in [1.29, 1.82) is 0 Å². The normalized spacial score (nSPS) is 22.4. The maximum absolute atomic E-state index is 13.9. The lowest BCUT2D eigenvalue weighted by Gasteiger charge is -2.39. The smallest absolute Gasteiger partial charge is 0.270 e. The first kappa shape index (κ1) is 29.7. The molecule has 45 heavy (non-hydrogen) atoms. The minimum atomic E-state index is -0.175. The summed E-state index contributed by atoms with van der Waals surface area (Å²) in [6.07, 6.45) is 2.20. The number of aromatic nitrogens is 1. The zero-order valence-corrected chi connectivity index (χ0v) is 26.0. The van der Waals surface area contributed by atoms with Crippen LogP contribution in [-0.4, -0.2) is 111 Å². The number of benzene rings is 2. The van der Waals surface area contributed by atoms with Crippen LogP contribution >= 0.6 is 0 Å². The fraction of sp³-hybridized carbons (Fsp3) is 0.457. The van der Waals surface area contributed by atoms with Crippen LogP contribution in [0.15, 0.2) is 55.1 Å². The Hall–Kier alpha value is -3.99. The van der Waals surface area contributed by atoms with Crippen molar-refractivity contribution in [2.75, 3.05) is 82.0 Å². The van der Waals surface area contributed by atoms with Crippen molar-refractivity contribution in [3.05, 3.63) is 77.6 Å². The van der Waals surface area contributed by atoms with Crippen molar-refractivity contribution in [1.82, 2.24) is 20.1 Å². The van der Waals surface area contributed by atoms with Gasteiger partial charge in [-0.15, -0.1) is 0 Å². The van der Waals surface area contributed by atoms with Crippen molar-refractivity contribution in [2.24, 2.45) is 0 Å². The highest BCUT2D eigenvalue weighted by atomic mass is 16.5. The van der Waals surface area contributed by atoms with Crippen LogP contribution in [0.2, 0.25) is 0 Å². The van der Waals surface area contributed by atoms with Gasteiger partial charge in [-0.2, -0.15) is 0 Å². The van der Waals surface area contributed by atoms with E-state index in [4.69, 9.17) is 14.5 Å². The largest absolute Gasteiger partial charge is 0.379 e. The molecular formula is C35H42N6O4. The molecule has 0 radical (unpaired) electrons. The second-order valence-electron chi connectivity index (χ2n) is 12.4. The SMILES string of the molecule is C=CC(=O)N1CCN(c2cc(C(=O)N[C@H]3COC[C@@H]3N3CCOCC3)nc3c2CCN(c2cccc4cccc(C)c24)C3)CC1. The third-order valence-electron chi connectivity index (χ3n) is 9.81. The van der Waals surface area contributed by atoms with Crippen molar-refractivity contribution >= 4 is 34.0 Å². The highest BCUT2D eigenvalue weighted by molar-refractivity contribution is 5.97. The summed E-state index contributed by atoms with van der Waals surface area (Å²) in [4.78, 5) is 40.2. The van der Waals surface area contributed by atoms with Gasteiger partial charge in [0.15, 0.2) is 0 Å². The molecule has 4 aliphatic heterocycles. The van der Waals surface area contributed by atoms with Crippen molar-refractivity contribution in [2.45, 2.75) is 32.0 Å². The van der Waals surface area contributed by atoms with E-state index in [0.717, 1.165) is 37.4 Å². The molecule has 0 unspecified atom stereocenters. The first-order chi connectivity index (χ1) is 22.0. The molecule has 4 aliphatic rings. The van der Waals surface area contributed by atoms with Gasteiger partial charge in [0.2, 0.25) is 5.91 Å². The van der Waals surface area contributed by atoms with Crippen LogP contribution in [0.5, 0.6) is 0 Å². The lowest BCUT2D eigenvalue weighted by molar-refractivity contribution is -0.126. The molecule has 7 rings (SSSR count). The molecule has 0 aliphatic carbocycles. The molecule has 3 aromatic rings. The number of anilines is 2. The molecule has 2 atom stereocenters. The molecule has 236 valence electrons. The van der Waals surface area contributed by atoms with Gasteiger partial charge in [0.05, 0.1) is 50.7 Å². The molecular weight excluding hydrogens is 568 g/mol. The number of amides is 2. The van der Waals surface area contributed by atoms with Gasteiger partial charge in [-0.1, -0.05) is 36.9 Å². The fourth-order valence-electron chi connectivity index (χ4n) is 7.38. The highest BCUT2D eigenvalue weighted by Gasteiger charge is 2.36. The molecule has 10 nitrogen and oxygen atoms in total. The van der Waals surface area contributed by atoms with Crippen LogP contribution in [0.25, 0.3) is 10.8 Å². The summed E-state index contributed by atoms with van der Waals surface area (Å²) >= 11 is 0. The molecule has 0 saturated carbocycles. The van der Waals surface area contributed by atoms with Gasteiger partial charge in [-0.05, 0) is 42.5 Å². The van der Waals surface area contributed by atoms with Crippen LogP contribution < -0.4 is 15.1 Å². The van der Waals surface area contributed by atoms with E-state index in [1.807, 2.05) is 11.0 Å². The predicted molar refractivity (Wildman–Crippen MR) is 175 cm³/mol. The van der Waals surface area contributed by atoms with Gasteiger partial charge in [0.25, 0.3) is 5.91 Å². The zero-order valence-electron chi connectivity index (χ0n) is 26.0. The van der Waals surface area contributed by atoms with Gasteiger partial charge in [-0.25, -0.2) is 4.98 Å². The summed E-state index contributed by atoms with van der Waals surface area (Å²) < 4.78 is 11.4. The number of hydrogen-bond acceptors (Lipinski definition) is 8. The Balaban J connectivity index is 1.19. The summed E-state index contributed by atoms with van der Waals surface area (Å²) in [6, 6.07) is 14.9. The Kier molecular flexibility index (Phi) is 8.44. The number of fused-ring (bicyclic) bond motifs is 2. The second-order valence-corrected chi connectivity index (χ2v) is 12.4. The van der Waals surface area contributed by atoms with Crippen LogP contribution in [0.4, 0.5) is 11.4 Å². The number of nitrogens with one attached hydrogen (secondary N) is 1. The summed E-state index contributed by atoms with van der Waals surface area (Å²) in [5, 5.41) is 5.76. The molecule has 2 aromatic carbocycles. The van der Waals surface area contributed by atoms with Crippen molar-refractivity contribution < 1.29 is 19.1 Å². The number of morpholine rings is 1. The Morgan fingerprint density at radius 3 is 2.49 bits per heavy atom. The summed E-state index contributed by atoms with van der Waals surface area (Å²) in [7, 11) is 0. The van der Waals surface area contributed by atoms with E-state index in [9.17, 15) is 9.59 Å². The molecule has 10 heteroatoms. The number of carbonyl (C=O) groups is 2. The van der Waals surface area contributed by atoms with E-state index < -0.39 is 0 Å². The number of carbonyl (C=O) groups excluding carboxylic acids is 2. The molecule has 2 amide bonds. The third-order valence-corrected chi connectivity index (χ3v) is 9.81. The monoisotopic (exact) mass is 610 g/mol. The van der Waals surface area contributed by atoms with Crippen LogP contribution in [-0.2, 0) is 27.2 Å². The molecule has 0 bridgehead atoms. The topological polar surface area (TPSA) is 90.5 Å². The van der Waals surface area contributed by atoms with E-state index in [0.29, 0.717) is 64.8 Å². The van der Waals surface area contributed by atoms with Gasteiger partial charge in [0, 0.05) is 68.1 Å². The first-order valence-electron chi connectivity index (χ1n) is 16.1. The number of pyridine rings is 1. The van der Waals surface area contributed by atoms with Crippen molar-refractivity contribution in [3.8, 4) is 0 Å². The van der Waals surface area contributed by atoms with Gasteiger partial charge >= 0.3 is 0 Å². The Morgan fingerprint density at radius 2 is 1.71 bits per heavy atom. The molecule has 1 N–H and O–H groups in total. The molecule has 1 aromatic heterocycles. The molecule has 3 saturated heterocycles. The average Bonchev–Trinajstić information content (AvgIpc) is 3.55. The minimum absolute atomic E-state index is 0.0406. The summed E-state index contributed by atoms with van der Waals surface area (Å²) in [5.41, 5.74) is 6.05. The van der Waals surface area contributed by atoms with E-state index in [1.54, 1.807) is 0 Å². The van der Waals surface area contributed by atoms with Gasteiger partial charge in [-0.3, -0.25) is 14.5 Å². The molecule has 0 spiro atoms. The maximum Gasteiger partial charge on any atom is 0.270 e. The highest BCUT2D eigenvalue weighted by Crippen LogP contribution is 2.36. The van der Waals surface area contributed by atoms with Crippen LogP contribution in [0.3, 0.4) is 0 Å². The van der Waals surface area contributed by atoms with E-state index in [2.05, 4.69) is 69.9 Å². The fourth-order valence-corrected chi connectivity index (χ4v) is 7.38. The zero-order chi connectivity index (χ0) is 30.9. The lowest BCUT2D eigenvalue weighted by atomic mass is 9.97. The third kappa shape index (κ3) is 5.90. The quantitative estimate of drug-likeness (QED) is 0.427. The lowest BCUT2D eigenvalue weighted by Crippen LogP contribution is -2.54. The summed E-state index contributed by atoms with van der Waals surface area (Å²) in [6.45, 7) is 14.1. The minimum Gasteiger partial charge on any atom is -0.379 e. The van der Waals surface area contributed by atoms with Crippen LogP contribution in [0, 0.1) is 6.92 Å². The van der Waals surface area contributed by atoms with E-state index in [1.165, 1.54) is 33.7 Å². The van der Waals surface area contributed by atoms with E-state index >= 15 is 0 Å².